The smallest absolute Gasteiger partial charge is 0.164 e. The van der Waals surface area contributed by atoms with Gasteiger partial charge in [0.25, 0.3) is 0 Å². The van der Waals surface area contributed by atoms with Crippen LogP contribution in [0.15, 0.2) is 54.9 Å². The van der Waals surface area contributed by atoms with E-state index in [1.807, 2.05) is 36.4 Å². The normalized spacial score (nSPS) is 10.8. The molecule has 5 nitrogen and oxygen atoms in total. The molecule has 3 heterocycles. The molecular weight excluding hydrogens is 344 g/mol. The fraction of sp³-hybridized carbons (Fsp3) is 0.150. The van der Waals surface area contributed by atoms with Crippen LogP contribution < -0.4 is 10.1 Å². The number of rotatable bonds is 5. The van der Waals surface area contributed by atoms with Crippen molar-refractivity contribution in [3.8, 4) is 17.1 Å². The number of aryl methyl sites for hydroxylation is 1. The molecule has 1 N–H and O–H groups in total. The Morgan fingerprint density at radius 1 is 1.12 bits per heavy atom. The van der Waals surface area contributed by atoms with Crippen LogP contribution in [0.1, 0.15) is 10.4 Å². The van der Waals surface area contributed by atoms with Gasteiger partial charge in [0.15, 0.2) is 5.82 Å². The van der Waals surface area contributed by atoms with Crippen LogP contribution in [0.25, 0.3) is 21.6 Å². The van der Waals surface area contributed by atoms with Gasteiger partial charge in [-0.1, -0.05) is 18.2 Å². The van der Waals surface area contributed by atoms with Crippen molar-refractivity contribution < 1.29 is 4.74 Å². The molecule has 0 unspecified atom stereocenters. The van der Waals surface area contributed by atoms with Crippen LogP contribution in [0.5, 0.6) is 5.75 Å². The largest absolute Gasteiger partial charge is 0.496 e. The van der Waals surface area contributed by atoms with E-state index in [1.165, 1.54) is 4.88 Å². The number of pyridine rings is 1. The predicted octanol–water partition coefficient (Wildman–Crippen LogP) is 4.68. The molecule has 0 spiro atoms. The number of benzene rings is 1. The number of methoxy groups -OCH3 is 1. The van der Waals surface area contributed by atoms with Gasteiger partial charge in [0, 0.05) is 34.9 Å². The highest BCUT2D eigenvalue weighted by Gasteiger charge is 2.12. The monoisotopic (exact) mass is 362 g/mol. The maximum Gasteiger partial charge on any atom is 0.164 e. The Bertz CT molecular complexity index is 1050. The fourth-order valence-electron chi connectivity index (χ4n) is 2.83. The average molecular weight is 362 g/mol. The van der Waals surface area contributed by atoms with Crippen LogP contribution in [0.4, 0.5) is 5.82 Å². The van der Waals surface area contributed by atoms with E-state index in [-0.39, 0.29) is 0 Å². The first-order chi connectivity index (χ1) is 12.7. The maximum absolute atomic E-state index is 5.44. The predicted molar refractivity (Wildman–Crippen MR) is 106 cm³/mol. The summed E-state index contributed by atoms with van der Waals surface area (Å²) >= 11 is 1.67. The van der Waals surface area contributed by atoms with Crippen LogP contribution in [0.2, 0.25) is 0 Å². The van der Waals surface area contributed by atoms with E-state index in [1.54, 1.807) is 30.8 Å². The quantitative estimate of drug-likeness (QED) is 0.558. The van der Waals surface area contributed by atoms with E-state index in [4.69, 9.17) is 14.7 Å². The first-order valence-corrected chi connectivity index (χ1v) is 9.10. The van der Waals surface area contributed by atoms with E-state index in [0.717, 1.165) is 32.9 Å². The highest BCUT2D eigenvalue weighted by molar-refractivity contribution is 7.18. The maximum atomic E-state index is 5.44. The number of nitrogens with one attached hydrogen (secondary N) is 1. The summed E-state index contributed by atoms with van der Waals surface area (Å²) in [7, 11) is 1.68. The number of fused-ring (bicyclic) bond motifs is 1. The van der Waals surface area contributed by atoms with Gasteiger partial charge in [-0.15, -0.1) is 11.3 Å². The number of thiophene rings is 1. The summed E-state index contributed by atoms with van der Waals surface area (Å²) in [4.78, 5) is 15.8. The molecule has 0 aliphatic rings. The van der Waals surface area contributed by atoms with Crippen molar-refractivity contribution in [2.45, 2.75) is 13.5 Å². The lowest BCUT2D eigenvalue weighted by Crippen LogP contribution is -2.05. The third kappa shape index (κ3) is 3.23. The lowest BCUT2D eigenvalue weighted by atomic mass is 10.2. The van der Waals surface area contributed by atoms with Crippen LogP contribution in [-0.2, 0) is 6.54 Å². The molecule has 130 valence electrons. The lowest BCUT2D eigenvalue weighted by Gasteiger charge is -2.11. The van der Waals surface area contributed by atoms with Crippen molar-refractivity contribution in [1.29, 1.82) is 0 Å². The minimum absolute atomic E-state index is 0.623. The molecule has 0 amide bonds. The van der Waals surface area contributed by atoms with E-state index in [0.29, 0.717) is 12.4 Å². The summed E-state index contributed by atoms with van der Waals surface area (Å²) < 4.78 is 5.44. The van der Waals surface area contributed by atoms with E-state index in [2.05, 4.69) is 23.3 Å². The number of ether oxygens (including phenoxy) is 1. The Hall–Kier alpha value is -2.99. The van der Waals surface area contributed by atoms with Crippen molar-refractivity contribution in [2.24, 2.45) is 0 Å². The molecule has 0 aliphatic carbocycles. The second kappa shape index (κ2) is 7.09. The first kappa shape index (κ1) is 16.5. The molecule has 6 heteroatoms. The molecule has 26 heavy (non-hydrogen) atoms. The lowest BCUT2D eigenvalue weighted by molar-refractivity contribution is 0.410. The summed E-state index contributed by atoms with van der Waals surface area (Å²) in [6.45, 7) is 2.71. The van der Waals surface area contributed by atoms with Crippen LogP contribution in [-0.4, -0.2) is 22.1 Å². The molecule has 3 aromatic heterocycles. The second-order valence-corrected chi connectivity index (χ2v) is 7.11. The molecule has 0 atom stereocenters. The zero-order chi connectivity index (χ0) is 17.9. The zero-order valence-electron chi connectivity index (χ0n) is 14.6. The molecule has 4 aromatic rings. The van der Waals surface area contributed by atoms with Crippen LogP contribution in [0, 0.1) is 6.92 Å². The number of aromatic nitrogens is 3. The Kier molecular flexibility index (Phi) is 4.50. The molecule has 4 rings (SSSR count). The van der Waals surface area contributed by atoms with Crippen LogP contribution >= 0.6 is 11.3 Å². The van der Waals surface area contributed by atoms with E-state index >= 15 is 0 Å². The SMILES string of the molecule is COc1ccccc1CNc1nc(-c2cccnc2)nc2sc(C)cc12. The molecule has 0 saturated carbocycles. The Labute approximate surface area is 155 Å². The summed E-state index contributed by atoms with van der Waals surface area (Å²) in [5.74, 6) is 2.36. The molecule has 0 saturated heterocycles. The molecule has 1 aromatic carbocycles. The first-order valence-electron chi connectivity index (χ1n) is 8.29. The second-order valence-electron chi connectivity index (χ2n) is 5.88. The van der Waals surface area contributed by atoms with Gasteiger partial charge in [0.2, 0.25) is 0 Å². The van der Waals surface area contributed by atoms with E-state index < -0.39 is 0 Å². The van der Waals surface area contributed by atoms with Gasteiger partial charge in [0.1, 0.15) is 16.4 Å². The van der Waals surface area contributed by atoms with Gasteiger partial charge in [-0.05, 0) is 31.2 Å². The van der Waals surface area contributed by atoms with Gasteiger partial charge in [-0.25, -0.2) is 9.97 Å². The number of hydrogen-bond acceptors (Lipinski definition) is 6. The minimum atomic E-state index is 0.623. The standard InChI is InChI=1S/C20H18N4OS/c1-13-10-16-19(22-12-14-6-3-4-8-17(14)25-2)23-18(24-20(16)26-13)15-7-5-9-21-11-15/h3-11H,12H2,1-2H3,(H,22,23,24). The number of para-hydroxylation sites is 1. The summed E-state index contributed by atoms with van der Waals surface area (Å²) in [6.07, 6.45) is 3.53. The number of nitrogens with zero attached hydrogens (tertiary/aromatic N) is 3. The average Bonchev–Trinajstić information content (AvgIpc) is 3.07. The summed E-state index contributed by atoms with van der Waals surface area (Å²) in [5, 5.41) is 4.49. The van der Waals surface area contributed by atoms with Crippen molar-refractivity contribution >= 4 is 27.4 Å². The third-order valence-electron chi connectivity index (χ3n) is 4.07. The molecule has 0 radical (unpaired) electrons. The van der Waals surface area contributed by atoms with Gasteiger partial charge in [-0.3, -0.25) is 4.98 Å². The molecular formula is C20H18N4OS. The van der Waals surface area contributed by atoms with Crippen molar-refractivity contribution in [2.75, 3.05) is 12.4 Å². The van der Waals surface area contributed by atoms with Gasteiger partial charge >= 0.3 is 0 Å². The third-order valence-corrected chi connectivity index (χ3v) is 5.02. The Balaban J connectivity index is 1.73. The summed E-state index contributed by atoms with van der Waals surface area (Å²) in [6, 6.07) is 14.0. The van der Waals surface area contributed by atoms with Crippen molar-refractivity contribution in [3.63, 3.8) is 0 Å². The summed E-state index contributed by atoms with van der Waals surface area (Å²) in [5.41, 5.74) is 1.98. The molecule has 0 aliphatic heterocycles. The van der Waals surface area contributed by atoms with Gasteiger partial charge in [0.05, 0.1) is 12.5 Å². The van der Waals surface area contributed by atoms with Gasteiger partial charge < -0.3 is 10.1 Å². The van der Waals surface area contributed by atoms with Gasteiger partial charge in [-0.2, -0.15) is 0 Å². The highest BCUT2D eigenvalue weighted by Crippen LogP contribution is 2.31. The number of anilines is 1. The minimum Gasteiger partial charge on any atom is -0.496 e. The Morgan fingerprint density at radius 3 is 2.81 bits per heavy atom. The highest BCUT2D eigenvalue weighted by atomic mass is 32.1. The van der Waals surface area contributed by atoms with Crippen LogP contribution in [0.3, 0.4) is 0 Å². The molecule has 0 bridgehead atoms. The molecule has 0 fully saturated rings. The Morgan fingerprint density at radius 2 is 2.00 bits per heavy atom. The van der Waals surface area contributed by atoms with Crippen molar-refractivity contribution in [1.82, 2.24) is 15.0 Å². The fourth-order valence-corrected chi connectivity index (χ4v) is 3.71. The van der Waals surface area contributed by atoms with E-state index in [9.17, 15) is 0 Å². The number of hydrogen-bond donors (Lipinski definition) is 1. The van der Waals surface area contributed by atoms with Crippen molar-refractivity contribution in [3.05, 3.63) is 65.3 Å². The topological polar surface area (TPSA) is 59.9 Å². The zero-order valence-corrected chi connectivity index (χ0v) is 15.4.